The van der Waals surface area contributed by atoms with Gasteiger partial charge in [-0.1, -0.05) is 18.2 Å². The molecule has 5 rings (SSSR count). The lowest BCUT2D eigenvalue weighted by atomic mass is 10.1. The van der Waals surface area contributed by atoms with Gasteiger partial charge >= 0.3 is 5.97 Å². The van der Waals surface area contributed by atoms with Crippen molar-refractivity contribution in [3.63, 3.8) is 0 Å². The van der Waals surface area contributed by atoms with E-state index in [2.05, 4.69) is 30.1 Å². The first kappa shape index (κ1) is 28.1. The van der Waals surface area contributed by atoms with Crippen LogP contribution in [0, 0.1) is 12.7 Å². The fourth-order valence-electron chi connectivity index (χ4n) is 4.72. The molecule has 3 heterocycles. The molecule has 2 aromatic carbocycles. The number of carbonyl (C=O) groups is 1. The molecule has 2 aromatic heterocycles. The molecule has 0 amide bonds. The summed E-state index contributed by atoms with van der Waals surface area (Å²) in [4.78, 5) is 29.0. The predicted octanol–water partition coefficient (Wildman–Crippen LogP) is 4.92. The van der Waals surface area contributed by atoms with Crippen LogP contribution in [0.4, 0.5) is 24.8 Å². The zero-order valence-corrected chi connectivity index (χ0v) is 22.4. The first-order chi connectivity index (χ1) is 19.8. The third-order valence-electron chi connectivity index (χ3n) is 6.94. The Morgan fingerprint density at radius 3 is 2.56 bits per heavy atom. The van der Waals surface area contributed by atoms with Gasteiger partial charge in [-0.25, -0.2) is 32.9 Å². The van der Waals surface area contributed by atoms with E-state index in [1.165, 1.54) is 24.3 Å². The minimum Gasteiger partial charge on any atom is -0.492 e. The zero-order chi connectivity index (χ0) is 28.9. The number of halogens is 3. The van der Waals surface area contributed by atoms with Crippen LogP contribution in [-0.2, 0) is 6.54 Å². The molecule has 0 spiro atoms. The number of fused-ring (bicyclic) bond motifs is 1. The van der Waals surface area contributed by atoms with Gasteiger partial charge in [-0.15, -0.1) is 0 Å². The Bertz CT molecular complexity index is 1530. The van der Waals surface area contributed by atoms with E-state index in [9.17, 15) is 18.0 Å². The molecule has 12 heteroatoms. The number of aromatic carboxylic acids is 1. The first-order valence-corrected chi connectivity index (χ1v) is 13.2. The molecule has 9 nitrogen and oxygen atoms in total. The lowest BCUT2D eigenvalue weighted by Gasteiger charge is -2.35. The second-order valence-corrected chi connectivity index (χ2v) is 9.66. The molecule has 0 radical (unpaired) electrons. The molecule has 1 aliphatic heterocycles. The lowest BCUT2D eigenvalue weighted by Crippen LogP contribution is -2.47. The highest BCUT2D eigenvalue weighted by Gasteiger charge is 2.20. The summed E-state index contributed by atoms with van der Waals surface area (Å²) in [5, 5.41) is 12.8. The Balaban J connectivity index is 1.21. The van der Waals surface area contributed by atoms with Gasteiger partial charge in [0.2, 0.25) is 0 Å². The molecule has 1 aliphatic rings. The van der Waals surface area contributed by atoms with Crippen LogP contribution in [0.25, 0.3) is 10.9 Å². The van der Waals surface area contributed by atoms with Crippen molar-refractivity contribution in [1.29, 1.82) is 0 Å². The Morgan fingerprint density at radius 1 is 1.10 bits per heavy atom. The van der Waals surface area contributed by atoms with Crippen LogP contribution in [-0.4, -0.2) is 70.3 Å². The molecule has 0 unspecified atom stereocenters. The lowest BCUT2D eigenvalue weighted by molar-refractivity contribution is 0.0696. The summed E-state index contributed by atoms with van der Waals surface area (Å²) in [6.07, 6.45) is -1.21. The highest BCUT2D eigenvalue weighted by Crippen LogP contribution is 2.27. The van der Waals surface area contributed by atoms with Crippen LogP contribution in [0.1, 0.15) is 33.7 Å². The van der Waals surface area contributed by atoms with Crippen LogP contribution >= 0.6 is 0 Å². The number of carboxylic acids is 1. The summed E-state index contributed by atoms with van der Waals surface area (Å²) in [6, 6.07) is 12.2. The highest BCUT2D eigenvalue weighted by atomic mass is 19.3. The number of rotatable bonds is 10. The minimum atomic E-state index is -2.89. The van der Waals surface area contributed by atoms with Gasteiger partial charge in [0.15, 0.2) is 0 Å². The first-order valence-electron chi connectivity index (χ1n) is 13.2. The van der Waals surface area contributed by atoms with Crippen molar-refractivity contribution >= 4 is 28.5 Å². The van der Waals surface area contributed by atoms with Gasteiger partial charge in [0.05, 0.1) is 22.8 Å². The van der Waals surface area contributed by atoms with Gasteiger partial charge in [0, 0.05) is 50.2 Å². The summed E-state index contributed by atoms with van der Waals surface area (Å²) >= 11 is 0. The second-order valence-electron chi connectivity index (χ2n) is 9.66. The number of nitrogens with one attached hydrogen (secondary N) is 1. The third-order valence-corrected chi connectivity index (χ3v) is 6.94. The molecule has 0 atom stereocenters. The summed E-state index contributed by atoms with van der Waals surface area (Å²) in [6.45, 7) is 6.02. The van der Waals surface area contributed by atoms with Crippen molar-refractivity contribution in [2.24, 2.45) is 0 Å². The molecule has 1 fully saturated rings. The van der Waals surface area contributed by atoms with E-state index in [0.29, 0.717) is 34.9 Å². The average molecular weight is 567 g/mol. The van der Waals surface area contributed by atoms with Crippen LogP contribution in [0.5, 0.6) is 5.75 Å². The molecule has 2 N–H and O–H groups in total. The maximum Gasteiger partial charge on any atom is 0.335 e. The highest BCUT2D eigenvalue weighted by molar-refractivity contribution is 5.90. The predicted molar refractivity (Wildman–Crippen MR) is 148 cm³/mol. The standard InChI is InChI=1S/C29H29F3N6O3/c1-18-35-24-17-33-25(15-23(24)28(36-18)34-16-20-3-2-4-22(26(20)30)27(31)32)38-11-9-37(10-12-38)13-14-41-21-7-5-19(6-8-21)29(39)40/h2-8,15,17,27H,9-14,16H2,1H3,(H,39,40)(H,34,35,36). The molecule has 1 saturated heterocycles. The SMILES string of the molecule is Cc1nc(NCc2cccc(C(F)F)c2F)c2cc(N3CCN(CCOc4ccc(C(=O)O)cc4)CC3)ncc2n1. The molecular formula is C29H29F3N6O3. The Labute approximate surface area is 234 Å². The monoisotopic (exact) mass is 566 g/mol. The molecule has 0 aliphatic carbocycles. The number of hydrogen-bond donors (Lipinski definition) is 2. The van der Waals surface area contributed by atoms with E-state index in [1.54, 1.807) is 25.3 Å². The number of anilines is 2. The van der Waals surface area contributed by atoms with E-state index >= 15 is 0 Å². The van der Waals surface area contributed by atoms with Gasteiger partial charge in [0.1, 0.15) is 35.6 Å². The number of carboxylic acid groups (broad SMARTS) is 1. The summed E-state index contributed by atoms with van der Waals surface area (Å²) < 4.78 is 46.6. The van der Waals surface area contributed by atoms with Crippen molar-refractivity contribution in [2.45, 2.75) is 19.9 Å². The van der Waals surface area contributed by atoms with Crippen molar-refractivity contribution in [2.75, 3.05) is 49.5 Å². The third kappa shape index (κ3) is 6.65. The molecule has 0 bridgehead atoms. The van der Waals surface area contributed by atoms with E-state index in [-0.39, 0.29) is 17.7 Å². The number of ether oxygens (including phenoxy) is 1. The number of nitrogens with zero attached hydrogens (tertiary/aromatic N) is 5. The van der Waals surface area contributed by atoms with Crippen molar-refractivity contribution < 1.29 is 27.8 Å². The van der Waals surface area contributed by atoms with Gasteiger partial charge in [-0.3, -0.25) is 4.90 Å². The van der Waals surface area contributed by atoms with Gasteiger partial charge in [0.25, 0.3) is 6.43 Å². The van der Waals surface area contributed by atoms with Crippen molar-refractivity contribution in [3.05, 3.63) is 83.1 Å². The van der Waals surface area contributed by atoms with Crippen LogP contribution in [0.2, 0.25) is 0 Å². The fraction of sp³-hybridized carbons (Fsp3) is 0.310. The van der Waals surface area contributed by atoms with Crippen LogP contribution in [0.3, 0.4) is 0 Å². The second kappa shape index (κ2) is 12.4. The Kier molecular flexibility index (Phi) is 8.48. The number of piperazine rings is 1. The zero-order valence-electron chi connectivity index (χ0n) is 22.4. The van der Waals surface area contributed by atoms with E-state index < -0.39 is 23.8 Å². The number of aromatic nitrogens is 3. The molecule has 4 aromatic rings. The number of aryl methyl sites for hydroxylation is 1. The van der Waals surface area contributed by atoms with E-state index in [0.717, 1.165) is 44.6 Å². The van der Waals surface area contributed by atoms with Gasteiger partial charge in [-0.05, 0) is 37.3 Å². The van der Waals surface area contributed by atoms with Crippen molar-refractivity contribution in [1.82, 2.24) is 19.9 Å². The number of pyridine rings is 1. The van der Waals surface area contributed by atoms with Crippen LogP contribution in [0.15, 0.2) is 54.7 Å². The smallest absolute Gasteiger partial charge is 0.335 e. The van der Waals surface area contributed by atoms with Crippen LogP contribution < -0.4 is 15.0 Å². The minimum absolute atomic E-state index is 0.0138. The maximum atomic E-state index is 14.6. The summed E-state index contributed by atoms with van der Waals surface area (Å²) in [7, 11) is 0. The molecule has 214 valence electrons. The van der Waals surface area contributed by atoms with E-state index in [1.807, 2.05) is 6.07 Å². The topological polar surface area (TPSA) is 104 Å². The Morgan fingerprint density at radius 2 is 1.85 bits per heavy atom. The fourth-order valence-corrected chi connectivity index (χ4v) is 4.72. The summed E-state index contributed by atoms with van der Waals surface area (Å²) in [5.74, 6) is 0.467. The van der Waals surface area contributed by atoms with Gasteiger partial charge in [-0.2, -0.15) is 0 Å². The summed E-state index contributed by atoms with van der Waals surface area (Å²) in [5.41, 5.74) is 0.338. The Hall–Kier alpha value is -4.45. The van der Waals surface area contributed by atoms with Crippen molar-refractivity contribution in [3.8, 4) is 5.75 Å². The number of alkyl halides is 2. The molecular weight excluding hydrogens is 537 g/mol. The molecule has 0 saturated carbocycles. The van der Waals surface area contributed by atoms with Gasteiger partial charge < -0.3 is 20.1 Å². The number of hydrogen-bond acceptors (Lipinski definition) is 8. The van der Waals surface area contributed by atoms with E-state index in [4.69, 9.17) is 9.84 Å². The number of benzene rings is 2. The normalized spacial score (nSPS) is 14.0. The molecule has 41 heavy (non-hydrogen) atoms. The average Bonchev–Trinajstić information content (AvgIpc) is 2.96. The maximum absolute atomic E-state index is 14.6. The largest absolute Gasteiger partial charge is 0.492 e. The quantitative estimate of drug-likeness (QED) is 0.277.